The first-order chi connectivity index (χ1) is 6.08. The third kappa shape index (κ3) is 2.44. The molecule has 1 aliphatic rings. The maximum absolute atomic E-state index is 11.8. The predicted octanol–water partition coefficient (Wildman–Crippen LogP) is 1.03. The van der Waals surface area contributed by atoms with Gasteiger partial charge in [0.15, 0.2) is 0 Å². The quantitative estimate of drug-likeness (QED) is 0.688. The minimum atomic E-state index is -0.122. The zero-order valence-corrected chi connectivity index (χ0v) is 8.60. The summed E-state index contributed by atoms with van der Waals surface area (Å²) in [7, 11) is 0. The van der Waals surface area contributed by atoms with Crippen molar-refractivity contribution < 1.29 is 4.79 Å². The number of rotatable bonds is 3. The molecule has 0 aliphatic heterocycles. The maximum atomic E-state index is 11.8. The molecule has 0 saturated heterocycles. The maximum Gasteiger partial charge on any atom is 0.226 e. The highest BCUT2D eigenvalue weighted by Crippen LogP contribution is 2.37. The van der Waals surface area contributed by atoms with Crippen LogP contribution in [0.2, 0.25) is 0 Å². The summed E-state index contributed by atoms with van der Waals surface area (Å²) in [6, 6.07) is 0.102. The Morgan fingerprint density at radius 3 is 2.54 bits per heavy atom. The molecule has 1 amide bonds. The smallest absolute Gasteiger partial charge is 0.226 e. The summed E-state index contributed by atoms with van der Waals surface area (Å²) in [5.74, 6) is 0.183. The summed E-state index contributed by atoms with van der Waals surface area (Å²) >= 11 is 0. The average molecular weight is 184 g/mol. The highest BCUT2D eigenvalue weighted by atomic mass is 16.2. The van der Waals surface area contributed by atoms with Gasteiger partial charge in [0.25, 0.3) is 0 Å². The normalized spacial score (nSPS) is 22.7. The Morgan fingerprint density at radius 1 is 1.54 bits per heavy atom. The highest BCUT2D eigenvalue weighted by molar-refractivity contribution is 5.82. The summed E-state index contributed by atoms with van der Waals surface area (Å²) in [6.45, 7) is 4.51. The average Bonchev–Trinajstić information content (AvgIpc) is 2.53. The van der Waals surface area contributed by atoms with E-state index in [1.807, 2.05) is 6.92 Å². The lowest BCUT2D eigenvalue weighted by molar-refractivity contribution is -0.130. The van der Waals surface area contributed by atoms with Crippen LogP contribution in [0.25, 0.3) is 0 Å². The lowest BCUT2D eigenvalue weighted by atomic mass is 9.87. The van der Waals surface area contributed by atoms with Gasteiger partial charge in [-0.1, -0.05) is 19.8 Å². The lowest BCUT2D eigenvalue weighted by Crippen LogP contribution is -2.44. The van der Waals surface area contributed by atoms with Crippen LogP contribution < -0.4 is 11.1 Å². The van der Waals surface area contributed by atoms with Crippen molar-refractivity contribution in [2.45, 2.75) is 45.6 Å². The first-order valence-corrected chi connectivity index (χ1v) is 5.09. The van der Waals surface area contributed by atoms with Crippen molar-refractivity contribution in [2.24, 2.45) is 11.1 Å². The topological polar surface area (TPSA) is 55.1 Å². The van der Waals surface area contributed by atoms with Gasteiger partial charge in [0.05, 0.1) is 0 Å². The van der Waals surface area contributed by atoms with Crippen molar-refractivity contribution in [2.75, 3.05) is 6.54 Å². The lowest BCUT2D eigenvalue weighted by Gasteiger charge is -2.24. The van der Waals surface area contributed by atoms with Crippen LogP contribution in [0.5, 0.6) is 0 Å². The molecule has 1 fully saturated rings. The second kappa shape index (κ2) is 4.09. The second-order valence-electron chi connectivity index (χ2n) is 4.38. The number of carbonyl (C=O) groups is 1. The molecule has 0 aromatic carbocycles. The molecule has 0 heterocycles. The zero-order valence-electron chi connectivity index (χ0n) is 8.60. The van der Waals surface area contributed by atoms with Crippen LogP contribution >= 0.6 is 0 Å². The predicted molar refractivity (Wildman–Crippen MR) is 53.2 cm³/mol. The van der Waals surface area contributed by atoms with Gasteiger partial charge in [-0.25, -0.2) is 0 Å². The summed E-state index contributed by atoms with van der Waals surface area (Å²) in [6.07, 6.45) is 4.41. The molecular formula is C10H20N2O. The van der Waals surface area contributed by atoms with Crippen LogP contribution in [-0.2, 0) is 4.79 Å². The van der Waals surface area contributed by atoms with Crippen molar-refractivity contribution in [3.8, 4) is 0 Å². The SMILES string of the molecule is CC(CN)NC(=O)C1(C)CCCC1. The molecule has 1 rings (SSSR count). The number of hydrogen-bond donors (Lipinski definition) is 2. The first kappa shape index (κ1) is 10.5. The molecule has 0 spiro atoms. The second-order valence-corrected chi connectivity index (χ2v) is 4.38. The van der Waals surface area contributed by atoms with Crippen LogP contribution in [0.15, 0.2) is 0 Å². The summed E-state index contributed by atoms with van der Waals surface area (Å²) in [5, 5.41) is 2.95. The van der Waals surface area contributed by atoms with E-state index in [4.69, 9.17) is 5.73 Å². The molecule has 1 atom stereocenters. The number of carbonyl (C=O) groups excluding carboxylic acids is 1. The Balaban J connectivity index is 2.46. The number of hydrogen-bond acceptors (Lipinski definition) is 2. The summed E-state index contributed by atoms with van der Waals surface area (Å²) in [5.41, 5.74) is 5.33. The number of nitrogens with two attached hydrogens (primary N) is 1. The molecule has 1 saturated carbocycles. The van der Waals surface area contributed by atoms with Gasteiger partial charge in [-0.15, -0.1) is 0 Å². The van der Waals surface area contributed by atoms with Gasteiger partial charge in [-0.05, 0) is 19.8 Å². The van der Waals surface area contributed by atoms with E-state index in [1.54, 1.807) is 0 Å². The molecule has 1 unspecified atom stereocenters. The first-order valence-electron chi connectivity index (χ1n) is 5.09. The van der Waals surface area contributed by atoms with E-state index < -0.39 is 0 Å². The Bertz CT molecular complexity index is 185. The van der Waals surface area contributed by atoms with E-state index in [2.05, 4.69) is 12.2 Å². The fourth-order valence-corrected chi connectivity index (χ4v) is 1.84. The van der Waals surface area contributed by atoms with E-state index in [0.717, 1.165) is 12.8 Å². The van der Waals surface area contributed by atoms with E-state index in [1.165, 1.54) is 12.8 Å². The molecular weight excluding hydrogens is 164 g/mol. The standard InChI is InChI=1S/C10H20N2O/c1-8(7-11)12-9(13)10(2)5-3-4-6-10/h8H,3-7,11H2,1-2H3,(H,12,13). The molecule has 3 N–H and O–H groups in total. The Morgan fingerprint density at radius 2 is 2.08 bits per heavy atom. The summed E-state index contributed by atoms with van der Waals surface area (Å²) < 4.78 is 0. The van der Waals surface area contributed by atoms with E-state index in [9.17, 15) is 4.79 Å². The van der Waals surface area contributed by atoms with Crippen molar-refractivity contribution >= 4 is 5.91 Å². The molecule has 0 radical (unpaired) electrons. The van der Waals surface area contributed by atoms with Gasteiger partial charge in [-0.3, -0.25) is 4.79 Å². The number of nitrogens with one attached hydrogen (secondary N) is 1. The van der Waals surface area contributed by atoms with Crippen LogP contribution in [0.1, 0.15) is 39.5 Å². The fraction of sp³-hybridized carbons (Fsp3) is 0.900. The van der Waals surface area contributed by atoms with Gasteiger partial charge >= 0.3 is 0 Å². The van der Waals surface area contributed by atoms with Gasteiger partial charge in [0.2, 0.25) is 5.91 Å². The molecule has 0 aromatic rings. The molecule has 13 heavy (non-hydrogen) atoms. The molecule has 0 bridgehead atoms. The zero-order chi connectivity index (χ0) is 9.90. The molecule has 0 aromatic heterocycles. The Hall–Kier alpha value is -0.570. The monoisotopic (exact) mass is 184 g/mol. The summed E-state index contributed by atoms with van der Waals surface area (Å²) in [4.78, 5) is 11.8. The van der Waals surface area contributed by atoms with Crippen LogP contribution in [0.3, 0.4) is 0 Å². The van der Waals surface area contributed by atoms with Gasteiger partial charge < -0.3 is 11.1 Å². The van der Waals surface area contributed by atoms with Crippen molar-refractivity contribution in [1.82, 2.24) is 5.32 Å². The fourth-order valence-electron chi connectivity index (χ4n) is 1.84. The van der Waals surface area contributed by atoms with Gasteiger partial charge in [0, 0.05) is 18.0 Å². The van der Waals surface area contributed by atoms with Crippen molar-refractivity contribution in [3.05, 3.63) is 0 Å². The van der Waals surface area contributed by atoms with Crippen molar-refractivity contribution in [1.29, 1.82) is 0 Å². The highest BCUT2D eigenvalue weighted by Gasteiger charge is 2.36. The van der Waals surface area contributed by atoms with E-state index >= 15 is 0 Å². The van der Waals surface area contributed by atoms with E-state index in [0.29, 0.717) is 6.54 Å². The molecule has 3 heteroatoms. The third-order valence-electron chi connectivity index (χ3n) is 2.99. The molecule has 3 nitrogen and oxygen atoms in total. The van der Waals surface area contributed by atoms with Crippen LogP contribution in [-0.4, -0.2) is 18.5 Å². The van der Waals surface area contributed by atoms with Crippen LogP contribution in [0.4, 0.5) is 0 Å². The molecule has 1 aliphatic carbocycles. The van der Waals surface area contributed by atoms with Gasteiger partial charge in [-0.2, -0.15) is 0 Å². The largest absolute Gasteiger partial charge is 0.352 e. The Labute approximate surface area is 80.1 Å². The van der Waals surface area contributed by atoms with Crippen molar-refractivity contribution in [3.63, 3.8) is 0 Å². The minimum Gasteiger partial charge on any atom is -0.352 e. The molecule has 76 valence electrons. The third-order valence-corrected chi connectivity index (χ3v) is 2.99. The van der Waals surface area contributed by atoms with E-state index in [-0.39, 0.29) is 17.4 Å². The van der Waals surface area contributed by atoms with Crippen LogP contribution in [0, 0.1) is 5.41 Å². The minimum absolute atomic E-state index is 0.102. The number of amides is 1. The Kier molecular flexibility index (Phi) is 3.31. The van der Waals surface area contributed by atoms with Gasteiger partial charge in [0.1, 0.15) is 0 Å².